The molecule has 1 aliphatic carbocycles. The van der Waals surface area contributed by atoms with Crippen LogP contribution in [0.25, 0.3) is 0 Å². The van der Waals surface area contributed by atoms with Crippen molar-refractivity contribution in [3.63, 3.8) is 0 Å². The van der Waals surface area contributed by atoms with E-state index in [9.17, 15) is 8.42 Å². The highest BCUT2D eigenvalue weighted by molar-refractivity contribution is 7.88. The van der Waals surface area contributed by atoms with E-state index in [4.69, 9.17) is 0 Å². The third-order valence-electron chi connectivity index (χ3n) is 5.68. The van der Waals surface area contributed by atoms with E-state index >= 15 is 0 Å². The summed E-state index contributed by atoms with van der Waals surface area (Å²) in [6, 6.07) is 7.61. The summed E-state index contributed by atoms with van der Waals surface area (Å²) in [6.45, 7) is 6.37. The highest BCUT2D eigenvalue weighted by Crippen LogP contribution is 2.47. The topological polar surface area (TPSA) is 73.8 Å². The lowest BCUT2D eigenvalue weighted by molar-refractivity contribution is 0.151. The van der Waals surface area contributed by atoms with E-state index in [1.807, 2.05) is 45.2 Å². The summed E-state index contributed by atoms with van der Waals surface area (Å²) < 4.78 is 27.3. The van der Waals surface area contributed by atoms with Gasteiger partial charge in [-0.15, -0.1) is 0 Å². The number of nitrogens with zero attached hydrogens (tertiary/aromatic N) is 2. The molecule has 1 aromatic rings. The lowest BCUT2D eigenvalue weighted by atomic mass is 9.68. The van der Waals surface area contributed by atoms with Crippen LogP contribution in [0.5, 0.6) is 0 Å². The second kappa shape index (κ2) is 8.19. The van der Waals surface area contributed by atoms with Gasteiger partial charge in [-0.25, -0.2) is 13.1 Å². The van der Waals surface area contributed by atoms with E-state index in [1.165, 1.54) is 25.7 Å². The Morgan fingerprint density at radius 2 is 1.93 bits per heavy atom. The fourth-order valence-electron chi connectivity index (χ4n) is 4.18. The first-order valence-electron chi connectivity index (χ1n) is 9.85. The third kappa shape index (κ3) is 5.02. The van der Waals surface area contributed by atoms with Crippen molar-refractivity contribution in [1.29, 1.82) is 0 Å². The van der Waals surface area contributed by atoms with Gasteiger partial charge in [0.05, 0.1) is 5.75 Å². The van der Waals surface area contributed by atoms with Crippen LogP contribution < -0.4 is 10.0 Å². The SMILES string of the molecule is CN=C(NCc1ccccc1CS(=O)(=O)NC(C)C)N1CCC2(CCC2)C1. The summed E-state index contributed by atoms with van der Waals surface area (Å²) in [5.74, 6) is 0.908. The average molecular weight is 393 g/mol. The van der Waals surface area contributed by atoms with Crippen LogP contribution in [0.2, 0.25) is 0 Å². The Balaban J connectivity index is 1.64. The van der Waals surface area contributed by atoms with Crippen molar-refractivity contribution in [1.82, 2.24) is 14.9 Å². The molecule has 1 spiro atoms. The summed E-state index contributed by atoms with van der Waals surface area (Å²) in [5.41, 5.74) is 2.34. The monoisotopic (exact) mass is 392 g/mol. The van der Waals surface area contributed by atoms with Gasteiger partial charge in [-0.05, 0) is 49.7 Å². The van der Waals surface area contributed by atoms with Crippen LogP contribution in [0, 0.1) is 5.41 Å². The van der Waals surface area contributed by atoms with E-state index in [1.54, 1.807) is 0 Å². The molecule has 1 heterocycles. The molecule has 7 heteroatoms. The minimum absolute atomic E-state index is 0.00550. The largest absolute Gasteiger partial charge is 0.352 e. The van der Waals surface area contributed by atoms with Crippen LogP contribution in [0.1, 0.15) is 50.7 Å². The van der Waals surface area contributed by atoms with Crippen molar-refractivity contribution in [2.45, 2.75) is 57.9 Å². The van der Waals surface area contributed by atoms with Crippen molar-refractivity contribution in [2.24, 2.45) is 10.4 Å². The lowest BCUT2D eigenvalue weighted by Crippen LogP contribution is -2.42. The standard InChI is InChI=1S/C20H32N4O2S/c1-16(2)23-27(25,26)14-18-8-5-4-7-17(18)13-22-19(21-3)24-12-11-20(15-24)9-6-10-20/h4-5,7-8,16,23H,6,9-15H2,1-3H3,(H,21,22). The maximum absolute atomic E-state index is 12.3. The molecular formula is C20H32N4O2S. The predicted molar refractivity (Wildman–Crippen MR) is 110 cm³/mol. The second-order valence-corrected chi connectivity index (χ2v) is 9.98. The molecule has 150 valence electrons. The van der Waals surface area contributed by atoms with Gasteiger partial charge < -0.3 is 10.2 Å². The quantitative estimate of drug-likeness (QED) is 0.576. The van der Waals surface area contributed by atoms with Crippen LogP contribution in [-0.4, -0.2) is 45.5 Å². The number of guanidine groups is 1. The first-order chi connectivity index (χ1) is 12.8. The molecule has 0 unspecified atom stereocenters. The van der Waals surface area contributed by atoms with E-state index < -0.39 is 10.0 Å². The predicted octanol–water partition coefficient (Wildman–Crippen LogP) is 2.47. The zero-order valence-corrected chi connectivity index (χ0v) is 17.5. The van der Waals surface area contributed by atoms with Crippen molar-refractivity contribution in [2.75, 3.05) is 20.1 Å². The maximum atomic E-state index is 12.3. The van der Waals surface area contributed by atoms with Gasteiger partial charge in [-0.1, -0.05) is 30.7 Å². The van der Waals surface area contributed by atoms with Crippen molar-refractivity contribution < 1.29 is 8.42 Å². The van der Waals surface area contributed by atoms with Gasteiger partial charge in [0.25, 0.3) is 0 Å². The van der Waals surface area contributed by atoms with Crippen LogP contribution in [0.3, 0.4) is 0 Å². The maximum Gasteiger partial charge on any atom is 0.216 e. The van der Waals surface area contributed by atoms with Crippen molar-refractivity contribution in [3.05, 3.63) is 35.4 Å². The summed E-state index contributed by atoms with van der Waals surface area (Å²) in [5, 5.41) is 3.44. The Hall–Kier alpha value is -1.60. The van der Waals surface area contributed by atoms with Crippen LogP contribution in [0.15, 0.2) is 29.3 Å². The van der Waals surface area contributed by atoms with Gasteiger partial charge in [0.1, 0.15) is 0 Å². The van der Waals surface area contributed by atoms with E-state index in [-0.39, 0.29) is 11.8 Å². The smallest absolute Gasteiger partial charge is 0.216 e. The van der Waals surface area contributed by atoms with E-state index in [0.717, 1.165) is 30.2 Å². The molecule has 1 aromatic carbocycles. The minimum Gasteiger partial charge on any atom is -0.352 e. The molecule has 2 N–H and O–H groups in total. The first-order valence-corrected chi connectivity index (χ1v) is 11.5. The van der Waals surface area contributed by atoms with Crippen LogP contribution in [0.4, 0.5) is 0 Å². The summed E-state index contributed by atoms with van der Waals surface area (Å²) in [4.78, 5) is 6.80. The first kappa shape index (κ1) is 20.1. The molecule has 0 bridgehead atoms. The molecular weight excluding hydrogens is 360 g/mol. The number of hydrogen-bond acceptors (Lipinski definition) is 3. The van der Waals surface area contributed by atoms with Gasteiger partial charge >= 0.3 is 0 Å². The zero-order chi connectivity index (χ0) is 19.5. The average Bonchev–Trinajstić information content (AvgIpc) is 3.01. The normalized spacial score (nSPS) is 19.6. The summed E-state index contributed by atoms with van der Waals surface area (Å²) in [7, 11) is -1.53. The minimum atomic E-state index is -3.35. The Kier molecular flexibility index (Phi) is 6.11. The lowest BCUT2D eigenvalue weighted by Gasteiger charge is -2.38. The highest BCUT2D eigenvalue weighted by atomic mass is 32.2. The van der Waals surface area contributed by atoms with Gasteiger partial charge in [0, 0.05) is 32.7 Å². The molecule has 0 aromatic heterocycles. The molecule has 2 aliphatic rings. The number of likely N-dealkylation sites (tertiary alicyclic amines) is 1. The third-order valence-corrected chi connectivity index (χ3v) is 7.20. The molecule has 3 rings (SSSR count). The van der Waals surface area contributed by atoms with Gasteiger partial charge in [-0.2, -0.15) is 0 Å². The number of nitrogens with one attached hydrogen (secondary N) is 2. The second-order valence-electron chi connectivity index (χ2n) is 8.23. The molecule has 0 atom stereocenters. The molecule has 1 aliphatic heterocycles. The Bertz CT molecular complexity index is 785. The Labute approximate surface area is 163 Å². The van der Waals surface area contributed by atoms with Gasteiger partial charge in [-0.3, -0.25) is 4.99 Å². The fraction of sp³-hybridized carbons (Fsp3) is 0.650. The number of sulfonamides is 1. The Morgan fingerprint density at radius 3 is 2.48 bits per heavy atom. The summed E-state index contributed by atoms with van der Waals surface area (Å²) in [6.07, 6.45) is 5.28. The van der Waals surface area contributed by atoms with Crippen molar-refractivity contribution in [3.8, 4) is 0 Å². The van der Waals surface area contributed by atoms with Gasteiger partial charge in [0.2, 0.25) is 10.0 Å². The number of benzene rings is 1. The summed E-state index contributed by atoms with van der Waals surface area (Å²) >= 11 is 0. The number of rotatable bonds is 6. The number of hydrogen-bond donors (Lipinski definition) is 2. The van der Waals surface area contributed by atoms with Crippen LogP contribution in [-0.2, 0) is 22.3 Å². The van der Waals surface area contributed by atoms with Crippen molar-refractivity contribution >= 4 is 16.0 Å². The highest BCUT2D eigenvalue weighted by Gasteiger charge is 2.43. The molecule has 1 saturated carbocycles. The number of aliphatic imine (C=N–C) groups is 1. The van der Waals surface area contributed by atoms with E-state index in [0.29, 0.717) is 12.0 Å². The zero-order valence-electron chi connectivity index (χ0n) is 16.7. The fourth-order valence-corrected chi connectivity index (χ4v) is 5.68. The molecule has 6 nitrogen and oxygen atoms in total. The molecule has 1 saturated heterocycles. The van der Waals surface area contributed by atoms with Crippen LogP contribution >= 0.6 is 0 Å². The molecule has 0 radical (unpaired) electrons. The molecule has 27 heavy (non-hydrogen) atoms. The van der Waals surface area contributed by atoms with Gasteiger partial charge in [0.15, 0.2) is 5.96 Å². The molecule has 0 amide bonds. The molecule has 2 fully saturated rings. The Morgan fingerprint density at radius 1 is 1.22 bits per heavy atom. The van der Waals surface area contributed by atoms with E-state index in [2.05, 4.69) is 19.9 Å².